The molecule has 5 heteroatoms. The summed E-state index contributed by atoms with van der Waals surface area (Å²) >= 11 is 0. The molecule has 0 saturated heterocycles. The molecule has 27 heavy (non-hydrogen) atoms. The molecule has 5 nitrogen and oxygen atoms in total. The van der Waals surface area contributed by atoms with Gasteiger partial charge in [-0.2, -0.15) is 0 Å². The van der Waals surface area contributed by atoms with Crippen molar-refractivity contribution >= 4 is 11.0 Å². The minimum absolute atomic E-state index is 0.166. The Morgan fingerprint density at radius 1 is 1.22 bits per heavy atom. The molecule has 0 amide bonds. The van der Waals surface area contributed by atoms with Crippen LogP contribution in [0.5, 0.6) is 17.2 Å². The fourth-order valence-electron chi connectivity index (χ4n) is 2.55. The quantitative estimate of drug-likeness (QED) is 0.499. The van der Waals surface area contributed by atoms with Crippen LogP contribution in [0.25, 0.3) is 11.0 Å². The largest absolute Gasteiger partial charge is 0.504 e. The van der Waals surface area contributed by atoms with Crippen molar-refractivity contribution in [2.75, 3.05) is 6.61 Å². The summed E-state index contributed by atoms with van der Waals surface area (Å²) in [5.74, 6) is 0.188. The van der Waals surface area contributed by atoms with Crippen molar-refractivity contribution in [2.45, 2.75) is 53.6 Å². The van der Waals surface area contributed by atoms with Crippen molar-refractivity contribution in [3.8, 4) is 17.2 Å². The van der Waals surface area contributed by atoms with E-state index in [1.54, 1.807) is 32.0 Å². The van der Waals surface area contributed by atoms with E-state index in [4.69, 9.17) is 13.9 Å². The van der Waals surface area contributed by atoms with E-state index in [0.29, 0.717) is 17.7 Å². The van der Waals surface area contributed by atoms with Gasteiger partial charge in [0.25, 0.3) is 0 Å². The molecule has 2 aromatic rings. The number of hydrogen-bond donors (Lipinski definition) is 1. The van der Waals surface area contributed by atoms with Crippen LogP contribution in [-0.2, 0) is 0 Å². The maximum absolute atomic E-state index is 12.0. The van der Waals surface area contributed by atoms with Crippen molar-refractivity contribution in [3.63, 3.8) is 0 Å². The smallest absolute Gasteiger partial charge is 0.383 e. The van der Waals surface area contributed by atoms with Gasteiger partial charge in [-0.15, -0.1) is 0 Å². The molecule has 0 unspecified atom stereocenters. The highest BCUT2D eigenvalue weighted by atomic mass is 16.5. The van der Waals surface area contributed by atoms with Gasteiger partial charge in [0, 0.05) is 6.07 Å². The molecule has 1 aromatic heterocycles. The molecule has 0 fully saturated rings. The Bertz CT molecular complexity index is 899. The van der Waals surface area contributed by atoms with Crippen molar-refractivity contribution in [1.82, 2.24) is 0 Å². The van der Waals surface area contributed by atoms with Crippen LogP contribution in [0.15, 0.2) is 50.7 Å². The lowest BCUT2D eigenvalue weighted by Crippen LogP contribution is -2.13. The second-order valence-electron chi connectivity index (χ2n) is 7.07. The molecule has 0 radical (unpaired) electrons. The molecule has 1 heterocycles. The van der Waals surface area contributed by atoms with Gasteiger partial charge in [0.15, 0.2) is 5.75 Å². The number of allylic oxidation sites excluding steroid dienone is 3. The molecule has 146 valence electrons. The van der Waals surface area contributed by atoms with E-state index in [1.165, 1.54) is 11.1 Å². The predicted molar refractivity (Wildman–Crippen MR) is 108 cm³/mol. The first kappa shape index (κ1) is 20.6. The summed E-state index contributed by atoms with van der Waals surface area (Å²) in [6.45, 7) is 10.2. The molecule has 0 saturated carbocycles. The van der Waals surface area contributed by atoms with Crippen LogP contribution in [0.4, 0.5) is 0 Å². The average molecular weight is 372 g/mol. The Hall–Kier alpha value is -2.69. The molecule has 0 atom stereocenters. The third-order valence-corrected chi connectivity index (χ3v) is 3.94. The van der Waals surface area contributed by atoms with Gasteiger partial charge in [-0.25, -0.2) is 4.79 Å². The molecule has 0 aliphatic rings. The zero-order valence-electron chi connectivity index (χ0n) is 16.7. The SMILES string of the molecule is CC(C)=CCC/C(C)=C/COc1ccc2c(O)c(OC(C)C)c(=O)oc2c1. The number of hydrogen-bond acceptors (Lipinski definition) is 5. The Labute approximate surface area is 159 Å². The van der Waals surface area contributed by atoms with E-state index in [0.717, 1.165) is 12.8 Å². The van der Waals surface area contributed by atoms with Crippen LogP contribution >= 0.6 is 0 Å². The van der Waals surface area contributed by atoms with Gasteiger partial charge in [0.1, 0.15) is 17.9 Å². The topological polar surface area (TPSA) is 68.9 Å². The number of ether oxygens (including phenoxy) is 2. The van der Waals surface area contributed by atoms with Crippen LogP contribution in [0.2, 0.25) is 0 Å². The molecule has 1 aromatic carbocycles. The van der Waals surface area contributed by atoms with Gasteiger partial charge in [-0.3, -0.25) is 0 Å². The van der Waals surface area contributed by atoms with Crippen molar-refractivity contribution in [1.29, 1.82) is 0 Å². The minimum Gasteiger partial charge on any atom is -0.504 e. The van der Waals surface area contributed by atoms with Gasteiger partial charge in [-0.1, -0.05) is 17.2 Å². The summed E-state index contributed by atoms with van der Waals surface area (Å²) in [5.41, 5.74) is 2.13. The average Bonchev–Trinajstić information content (AvgIpc) is 2.58. The van der Waals surface area contributed by atoms with Crippen LogP contribution in [0.3, 0.4) is 0 Å². The first-order valence-corrected chi connectivity index (χ1v) is 9.16. The fraction of sp³-hybridized carbons (Fsp3) is 0.409. The fourth-order valence-corrected chi connectivity index (χ4v) is 2.55. The number of fused-ring (bicyclic) bond motifs is 1. The molecular weight excluding hydrogens is 344 g/mol. The van der Waals surface area contributed by atoms with E-state index in [9.17, 15) is 9.90 Å². The van der Waals surface area contributed by atoms with E-state index in [1.807, 2.05) is 6.08 Å². The predicted octanol–water partition coefficient (Wildman–Crippen LogP) is 5.36. The van der Waals surface area contributed by atoms with Crippen LogP contribution < -0.4 is 15.1 Å². The van der Waals surface area contributed by atoms with E-state index in [2.05, 4.69) is 26.8 Å². The van der Waals surface area contributed by atoms with Gasteiger partial charge in [0.2, 0.25) is 5.75 Å². The zero-order chi connectivity index (χ0) is 20.0. The van der Waals surface area contributed by atoms with Gasteiger partial charge in [0.05, 0.1) is 11.5 Å². The third-order valence-electron chi connectivity index (χ3n) is 3.94. The third kappa shape index (κ3) is 5.91. The monoisotopic (exact) mass is 372 g/mol. The van der Waals surface area contributed by atoms with Crippen LogP contribution in [0.1, 0.15) is 47.5 Å². The highest BCUT2D eigenvalue weighted by Crippen LogP contribution is 2.33. The molecule has 0 aliphatic carbocycles. The lowest BCUT2D eigenvalue weighted by atomic mass is 10.1. The number of aromatic hydroxyl groups is 1. The Kier molecular flexibility index (Phi) is 7.11. The highest BCUT2D eigenvalue weighted by Gasteiger charge is 2.17. The Morgan fingerprint density at radius 2 is 1.96 bits per heavy atom. The number of benzene rings is 1. The summed E-state index contributed by atoms with van der Waals surface area (Å²) in [7, 11) is 0. The standard InChI is InChI=1S/C22H28O5/c1-14(2)7-6-8-16(5)11-12-25-17-9-10-18-19(13-17)27-22(24)21(20(18)23)26-15(3)4/h7,9-11,13,15,23H,6,8,12H2,1-5H3/b16-11+. The van der Waals surface area contributed by atoms with Crippen LogP contribution in [-0.4, -0.2) is 17.8 Å². The van der Waals surface area contributed by atoms with Gasteiger partial charge in [-0.05, 0) is 65.7 Å². The summed E-state index contributed by atoms with van der Waals surface area (Å²) < 4.78 is 16.3. The number of rotatable bonds is 8. The Morgan fingerprint density at radius 3 is 2.63 bits per heavy atom. The van der Waals surface area contributed by atoms with Crippen molar-refractivity contribution in [3.05, 3.63) is 51.9 Å². The lowest BCUT2D eigenvalue weighted by Gasteiger charge is -2.11. The van der Waals surface area contributed by atoms with E-state index < -0.39 is 5.63 Å². The molecule has 2 rings (SSSR count). The maximum atomic E-state index is 12.0. The van der Waals surface area contributed by atoms with E-state index in [-0.39, 0.29) is 23.2 Å². The summed E-state index contributed by atoms with van der Waals surface area (Å²) in [5, 5.41) is 10.7. The molecule has 0 aliphatic heterocycles. The van der Waals surface area contributed by atoms with Crippen LogP contribution in [0, 0.1) is 0 Å². The van der Waals surface area contributed by atoms with Gasteiger partial charge < -0.3 is 19.0 Å². The lowest BCUT2D eigenvalue weighted by molar-refractivity contribution is 0.221. The normalized spacial score (nSPS) is 11.7. The molecule has 1 N–H and O–H groups in total. The molecular formula is C22H28O5. The van der Waals surface area contributed by atoms with Crippen molar-refractivity contribution in [2.24, 2.45) is 0 Å². The maximum Gasteiger partial charge on any atom is 0.383 e. The first-order chi connectivity index (χ1) is 12.8. The Balaban J connectivity index is 2.10. The molecule has 0 bridgehead atoms. The summed E-state index contributed by atoms with van der Waals surface area (Å²) in [4.78, 5) is 12.0. The molecule has 0 spiro atoms. The second kappa shape index (κ2) is 9.31. The zero-order valence-corrected chi connectivity index (χ0v) is 16.7. The van der Waals surface area contributed by atoms with Crippen molar-refractivity contribution < 1.29 is 19.0 Å². The summed E-state index contributed by atoms with van der Waals surface area (Å²) in [6, 6.07) is 4.98. The first-order valence-electron chi connectivity index (χ1n) is 9.16. The highest BCUT2D eigenvalue weighted by molar-refractivity contribution is 5.86. The minimum atomic E-state index is -0.708. The second-order valence-corrected chi connectivity index (χ2v) is 7.07. The van der Waals surface area contributed by atoms with Gasteiger partial charge >= 0.3 is 5.63 Å². The summed E-state index contributed by atoms with van der Waals surface area (Å²) in [6.07, 6.45) is 6.02. The van der Waals surface area contributed by atoms with E-state index >= 15 is 0 Å².